The minimum atomic E-state index is -0.272. The fourth-order valence-corrected chi connectivity index (χ4v) is 1.35. The second-order valence-electron chi connectivity index (χ2n) is 3.09. The summed E-state index contributed by atoms with van der Waals surface area (Å²) in [6, 6.07) is 0. The number of ether oxygens (including phenoxy) is 1. The number of methoxy groups -OCH3 is 1. The van der Waals surface area contributed by atoms with Crippen LogP contribution in [0.5, 0.6) is 0 Å². The van der Waals surface area contributed by atoms with Crippen LogP contribution in [0.25, 0.3) is 0 Å². The summed E-state index contributed by atoms with van der Waals surface area (Å²) >= 11 is 0. The van der Waals surface area contributed by atoms with Crippen molar-refractivity contribution in [3.63, 3.8) is 0 Å². The number of hydrogen-bond acceptors (Lipinski definition) is 3. The van der Waals surface area contributed by atoms with Gasteiger partial charge in [-0.3, -0.25) is 0 Å². The molecule has 1 aliphatic rings. The molecule has 0 amide bonds. The van der Waals surface area contributed by atoms with Crippen molar-refractivity contribution in [2.24, 2.45) is 5.92 Å². The highest BCUT2D eigenvalue weighted by Gasteiger charge is 2.14. The summed E-state index contributed by atoms with van der Waals surface area (Å²) in [6.07, 6.45) is 3.87. The van der Waals surface area contributed by atoms with Crippen molar-refractivity contribution < 1.29 is 9.53 Å². The maximum atomic E-state index is 10.9. The minimum Gasteiger partial charge on any atom is -0.466 e. The molecule has 3 heteroatoms. The van der Waals surface area contributed by atoms with E-state index in [4.69, 9.17) is 0 Å². The van der Waals surface area contributed by atoms with Crippen LogP contribution in [0.1, 0.15) is 19.8 Å². The number of esters is 1. The van der Waals surface area contributed by atoms with Crippen LogP contribution < -0.4 is 5.32 Å². The van der Waals surface area contributed by atoms with Gasteiger partial charge in [0.1, 0.15) is 0 Å². The SMILES string of the molecule is COC(=O)C=C1NCCCC1C. The highest BCUT2D eigenvalue weighted by atomic mass is 16.5. The van der Waals surface area contributed by atoms with Crippen molar-refractivity contribution >= 4 is 5.97 Å². The third kappa shape index (κ3) is 2.26. The lowest BCUT2D eigenvalue weighted by Crippen LogP contribution is -2.26. The highest BCUT2D eigenvalue weighted by Crippen LogP contribution is 2.18. The van der Waals surface area contributed by atoms with Gasteiger partial charge < -0.3 is 10.1 Å². The Labute approximate surface area is 72.8 Å². The van der Waals surface area contributed by atoms with Gasteiger partial charge in [-0.25, -0.2) is 4.79 Å². The molecule has 0 aromatic heterocycles. The van der Waals surface area contributed by atoms with Crippen molar-refractivity contribution in [3.05, 3.63) is 11.8 Å². The Morgan fingerprint density at radius 2 is 2.50 bits per heavy atom. The van der Waals surface area contributed by atoms with Crippen molar-refractivity contribution in [1.29, 1.82) is 0 Å². The lowest BCUT2D eigenvalue weighted by atomic mass is 9.97. The summed E-state index contributed by atoms with van der Waals surface area (Å²) in [6.45, 7) is 3.08. The second kappa shape index (κ2) is 4.14. The lowest BCUT2D eigenvalue weighted by molar-refractivity contribution is -0.134. The number of piperidine rings is 1. The van der Waals surface area contributed by atoms with Gasteiger partial charge in [0.2, 0.25) is 0 Å². The fourth-order valence-electron chi connectivity index (χ4n) is 1.35. The van der Waals surface area contributed by atoms with E-state index in [1.165, 1.54) is 13.5 Å². The summed E-state index contributed by atoms with van der Waals surface area (Å²) < 4.78 is 4.55. The van der Waals surface area contributed by atoms with E-state index >= 15 is 0 Å². The number of allylic oxidation sites excluding steroid dienone is 1. The monoisotopic (exact) mass is 169 g/mol. The molecule has 1 aliphatic heterocycles. The summed E-state index contributed by atoms with van der Waals surface area (Å²) in [4.78, 5) is 10.9. The predicted molar refractivity (Wildman–Crippen MR) is 46.5 cm³/mol. The normalized spacial score (nSPS) is 26.5. The molecule has 3 nitrogen and oxygen atoms in total. The van der Waals surface area contributed by atoms with Crippen molar-refractivity contribution in [2.45, 2.75) is 19.8 Å². The van der Waals surface area contributed by atoms with Crippen LogP contribution in [0.2, 0.25) is 0 Å². The van der Waals surface area contributed by atoms with E-state index < -0.39 is 0 Å². The Balaban J connectivity index is 2.58. The number of carbonyl (C=O) groups excluding carboxylic acids is 1. The van der Waals surface area contributed by atoms with Crippen LogP contribution in [-0.2, 0) is 9.53 Å². The van der Waals surface area contributed by atoms with Gasteiger partial charge in [0.05, 0.1) is 7.11 Å². The molecule has 0 bridgehead atoms. The fraction of sp³-hybridized carbons (Fsp3) is 0.667. The predicted octanol–water partition coefficient (Wildman–Crippen LogP) is 1.06. The molecule has 1 heterocycles. The standard InChI is InChI=1S/C9H15NO2/c1-7-4-3-5-10-8(7)6-9(11)12-2/h6-7,10H,3-5H2,1-2H3. The van der Waals surface area contributed by atoms with Gasteiger partial charge in [-0.05, 0) is 18.8 Å². The van der Waals surface area contributed by atoms with Crippen molar-refractivity contribution in [1.82, 2.24) is 5.32 Å². The number of nitrogens with one attached hydrogen (secondary N) is 1. The summed E-state index contributed by atoms with van der Waals surface area (Å²) in [5.41, 5.74) is 1.01. The first kappa shape index (κ1) is 9.10. The minimum absolute atomic E-state index is 0.272. The molecule has 1 unspecified atom stereocenters. The topological polar surface area (TPSA) is 38.3 Å². The first-order valence-corrected chi connectivity index (χ1v) is 4.27. The van der Waals surface area contributed by atoms with E-state index in [-0.39, 0.29) is 5.97 Å². The van der Waals surface area contributed by atoms with Gasteiger partial charge in [0, 0.05) is 18.3 Å². The van der Waals surface area contributed by atoms with E-state index in [0.29, 0.717) is 5.92 Å². The number of rotatable bonds is 1. The molecule has 1 fully saturated rings. The second-order valence-corrected chi connectivity index (χ2v) is 3.09. The zero-order valence-electron chi connectivity index (χ0n) is 7.59. The Hall–Kier alpha value is -0.990. The molecule has 1 N–H and O–H groups in total. The average Bonchev–Trinajstić information content (AvgIpc) is 2.09. The van der Waals surface area contributed by atoms with Crippen LogP contribution in [-0.4, -0.2) is 19.6 Å². The Morgan fingerprint density at radius 3 is 3.08 bits per heavy atom. The molecular formula is C9H15NO2. The maximum absolute atomic E-state index is 10.9. The zero-order valence-corrected chi connectivity index (χ0v) is 7.59. The molecular weight excluding hydrogens is 154 g/mol. The van der Waals surface area contributed by atoms with Gasteiger partial charge in [0.15, 0.2) is 0 Å². The summed E-state index contributed by atoms with van der Waals surface area (Å²) in [5, 5.41) is 3.19. The van der Waals surface area contributed by atoms with Crippen molar-refractivity contribution in [2.75, 3.05) is 13.7 Å². The van der Waals surface area contributed by atoms with Gasteiger partial charge >= 0.3 is 5.97 Å². The third-order valence-corrected chi connectivity index (χ3v) is 2.15. The molecule has 1 saturated heterocycles. The van der Waals surface area contributed by atoms with E-state index in [0.717, 1.165) is 18.7 Å². The molecule has 0 aromatic carbocycles. The third-order valence-electron chi connectivity index (χ3n) is 2.15. The Kier molecular flexibility index (Phi) is 3.14. The molecule has 68 valence electrons. The van der Waals surface area contributed by atoms with Crippen LogP contribution in [0.3, 0.4) is 0 Å². The molecule has 1 atom stereocenters. The largest absolute Gasteiger partial charge is 0.466 e. The highest BCUT2D eigenvalue weighted by molar-refractivity contribution is 5.82. The number of carbonyl (C=O) groups is 1. The molecule has 12 heavy (non-hydrogen) atoms. The van der Waals surface area contributed by atoms with Crippen molar-refractivity contribution in [3.8, 4) is 0 Å². The van der Waals surface area contributed by atoms with Crippen LogP contribution in [0.15, 0.2) is 11.8 Å². The van der Waals surface area contributed by atoms with Crippen LogP contribution in [0.4, 0.5) is 0 Å². The van der Waals surface area contributed by atoms with E-state index in [9.17, 15) is 4.79 Å². The molecule has 0 saturated carbocycles. The maximum Gasteiger partial charge on any atom is 0.332 e. The molecule has 0 aliphatic carbocycles. The van der Waals surface area contributed by atoms with E-state index in [1.54, 1.807) is 6.08 Å². The molecule has 1 rings (SSSR count). The first-order chi connectivity index (χ1) is 5.74. The van der Waals surface area contributed by atoms with Gasteiger partial charge in [-0.2, -0.15) is 0 Å². The van der Waals surface area contributed by atoms with Gasteiger partial charge in [0.25, 0.3) is 0 Å². The average molecular weight is 169 g/mol. The van der Waals surface area contributed by atoms with E-state index in [2.05, 4.69) is 17.0 Å². The zero-order chi connectivity index (χ0) is 8.97. The quantitative estimate of drug-likeness (QED) is 0.471. The summed E-state index contributed by atoms with van der Waals surface area (Å²) in [7, 11) is 1.40. The smallest absolute Gasteiger partial charge is 0.332 e. The van der Waals surface area contributed by atoms with Crippen LogP contribution >= 0.6 is 0 Å². The molecule has 0 spiro atoms. The Bertz CT molecular complexity index is 199. The lowest BCUT2D eigenvalue weighted by Gasteiger charge is -2.23. The molecule has 0 aromatic rings. The summed E-state index contributed by atoms with van der Waals surface area (Å²) in [5.74, 6) is 0.184. The van der Waals surface area contributed by atoms with E-state index in [1.807, 2.05) is 0 Å². The Morgan fingerprint density at radius 1 is 1.75 bits per heavy atom. The van der Waals surface area contributed by atoms with Gasteiger partial charge in [-0.15, -0.1) is 0 Å². The number of hydrogen-bond donors (Lipinski definition) is 1. The van der Waals surface area contributed by atoms with Crippen LogP contribution in [0, 0.1) is 5.92 Å². The van der Waals surface area contributed by atoms with Gasteiger partial charge in [-0.1, -0.05) is 6.92 Å². The molecule has 0 radical (unpaired) electrons. The first-order valence-electron chi connectivity index (χ1n) is 4.27.